The van der Waals surface area contributed by atoms with E-state index in [1.165, 1.54) is 6.07 Å². The second-order valence-corrected chi connectivity index (χ2v) is 6.17. The van der Waals surface area contributed by atoms with Crippen LogP contribution in [0.1, 0.15) is 25.3 Å². The highest BCUT2D eigenvalue weighted by Crippen LogP contribution is 2.31. The fourth-order valence-corrected chi connectivity index (χ4v) is 2.44. The number of likely N-dealkylation sites (N-methyl/N-ethyl adjacent to an activating group) is 1. The minimum Gasteiger partial charge on any atom is -0.489 e. The van der Waals surface area contributed by atoms with Crippen LogP contribution < -0.4 is 9.47 Å². The predicted molar refractivity (Wildman–Crippen MR) is 102 cm³/mol. The Hall–Kier alpha value is -2.60. The summed E-state index contributed by atoms with van der Waals surface area (Å²) in [5, 5.41) is 11.2. The van der Waals surface area contributed by atoms with Crippen molar-refractivity contribution in [2.75, 3.05) is 26.7 Å². The normalized spacial score (nSPS) is 10.7. The van der Waals surface area contributed by atoms with Crippen molar-refractivity contribution in [1.29, 1.82) is 0 Å². The summed E-state index contributed by atoms with van der Waals surface area (Å²) < 4.78 is 11.4. The van der Waals surface area contributed by atoms with Crippen LogP contribution in [-0.2, 0) is 6.61 Å². The maximum atomic E-state index is 11.2. The van der Waals surface area contributed by atoms with Crippen molar-refractivity contribution in [3.05, 3.63) is 64.2 Å². The van der Waals surface area contributed by atoms with Crippen molar-refractivity contribution in [2.45, 2.75) is 26.4 Å². The van der Waals surface area contributed by atoms with E-state index >= 15 is 0 Å². The molecule has 6 nitrogen and oxygen atoms in total. The molecule has 0 atom stereocenters. The van der Waals surface area contributed by atoms with Crippen LogP contribution in [0.15, 0.2) is 48.5 Å². The molecule has 0 radical (unpaired) electrons. The molecule has 2 aromatic carbocycles. The first kappa shape index (κ1) is 19.7. The second kappa shape index (κ2) is 10.4. The van der Waals surface area contributed by atoms with Gasteiger partial charge in [0.05, 0.1) is 4.92 Å². The van der Waals surface area contributed by atoms with Gasteiger partial charge in [0, 0.05) is 18.7 Å². The quantitative estimate of drug-likeness (QED) is 0.443. The molecule has 0 heterocycles. The Labute approximate surface area is 154 Å². The summed E-state index contributed by atoms with van der Waals surface area (Å²) in [4.78, 5) is 12.9. The molecule has 2 aromatic rings. The summed E-state index contributed by atoms with van der Waals surface area (Å²) in [7, 11) is 2.02. The van der Waals surface area contributed by atoms with E-state index in [4.69, 9.17) is 9.47 Å². The van der Waals surface area contributed by atoms with Gasteiger partial charge in [0.1, 0.15) is 19.0 Å². The topological polar surface area (TPSA) is 64.8 Å². The van der Waals surface area contributed by atoms with Gasteiger partial charge in [-0.2, -0.15) is 0 Å². The number of nitrogens with zero attached hydrogens (tertiary/aromatic N) is 2. The summed E-state index contributed by atoms with van der Waals surface area (Å²) in [5.41, 5.74) is 0.985. The molecule has 0 aromatic heterocycles. The van der Waals surface area contributed by atoms with Gasteiger partial charge in [-0.1, -0.05) is 43.7 Å². The van der Waals surface area contributed by atoms with Gasteiger partial charge in [0.15, 0.2) is 0 Å². The van der Waals surface area contributed by atoms with Crippen LogP contribution in [-0.4, -0.2) is 36.6 Å². The molecule has 2 rings (SSSR count). The highest BCUT2D eigenvalue weighted by atomic mass is 16.6. The first-order valence-electron chi connectivity index (χ1n) is 8.86. The van der Waals surface area contributed by atoms with Crippen molar-refractivity contribution in [2.24, 2.45) is 0 Å². The number of unbranched alkanes of at least 4 members (excludes halogenated alkanes) is 1. The molecule has 0 saturated heterocycles. The Balaban J connectivity index is 1.97. The molecule has 0 aliphatic carbocycles. The number of nitro benzene ring substituents is 1. The maximum Gasteiger partial charge on any atom is 0.311 e. The van der Waals surface area contributed by atoms with Crippen molar-refractivity contribution >= 4 is 5.69 Å². The lowest BCUT2D eigenvalue weighted by Gasteiger charge is -2.16. The van der Waals surface area contributed by atoms with E-state index in [2.05, 4.69) is 11.8 Å². The molecule has 0 aliphatic heterocycles. The Bertz CT molecular complexity index is 691. The molecular formula is C20H26N2O4. The predicted octanol–water partition coefficient (Wildman–Crippen LogP) is 4.28. The molecule has 0 fully saturated rings. The Morgan fingerprint density at radius 1 is 1.08 bits per heavy atom. The zero-order chi connectivity index (χ0) is 18.8. The Morgan fingerprint density at radius 2 is 1.85 bits per heavy atom. The zero-order valence-electron chi connectivity index (χ0n) is 15.4. The molecular weight excluding hydrogens is 332 g/mol. The standard InChI is InChI=1S/C20H26N2O4/c1-3-4-12-21(2)13-14-25-20-15-18(10-11-19(20)22(23)24)26-16-17-8-6-5-7-9-17/h5-11,15H,3-4,12-14,16H2,1-2H3. The average Bonchev–Trinajstić information content (AvgIpc) is 2.65. The fraction of sp³-hybridized carbons (Fsp3) is 0.400. The van der Waals surface area contributed by atoms with E-state index in [-0.39, 0.29) is 11.4 Å². The molecule has 6 heteroatoms. The van der Waals surface area contributed by atoms with Crippen LogP contribution in [0.25, 0.3) is 0 Å². The molecule has 0 bridgehead atoms. The molecule has 0 spiro atoms. The van der Waals surface area contributed by atoms with E-state index < -0.39 is 4.92 Å². The van der Waals surface area contributed by atoms with Crippen LogP contribution in [0.2, 0.25) is 0 Å². The lowest BCUT2D eigenvalue weighted by molar-refractivity contribution is -0.385. The van der Waals surface area contributed by atoms with Gasteiger partial charge in [0.2, 0.25) is 5.75 Å². The van der Waals surface area contributed by atoms with E-state index in [0.29, 0.717) is 25.5 Å². The van der Waals surface area contributed by atoms with Crippen molar-refractivity contribution < 1.29 is 14.4 Å². The van der Waals surface area contributed by atoms with Gasteiger partial charge in [-0.05, 0) is 31.6 Å². The lowest BCUT2D eigenvalue weighted by Crippen LogP contribution is -2.25. The molecule has 0 unspecified atom stereocenters. The minimum absolute atomic E-state index is 0.0479. The molecule has 0 N–H and O–H groups in total. The number of ether oxygens (including phenoxy) is 2. The first-order valence-corrected chi connectivity index (χ1v) is 8.86. The Morgan fingerprint density at radius 3 is 2.54 bits per heavy atom. The molecule has 26 heavy (non-hydrogen) atoms. The number of nitro groups is 1. The summed E-state index contributed by atoms with van der Waals surface area (Å²) in [6.07, 6.45) is 2.26. The van der Waals surface area contributed by atoms with Crippen LogP contribution in [0.5, 0.6) is 11.5 Å². The number of hydrogen-bond donors (Lipinski definition) is 0. The van der Waals surface area contributed by atoms with Gasteiger partial charge < -0.3 is 14.4 Å². The molecule has 0 aliphatic rings. The van der Waals surface area contributed by atoms with Crippen LogP contribution in [0.3, 0.4) is 0 Å². The van der Waals surface area contributed by atoms with E-state index in [0.717, 1.165) is 24.9 Å². The van der Waals surface area contributed by atoms with Crippen LogP contribution >= 0.6 is 0 Å². The first-order chi connectivity index (χ1) is 12.6. The van der Waals surface area contributed by atoms with Gasteiger partial charge in [-0.25, -0.2) is 0 Å². The van der Waals surface area contributed by atoms with E-state index in [1.54, 1.807) is 12.1 Å². The fourth-order valence-electron chi connectivity index (χ4n) is 2.44. The number of benzene rings is 2. The lowest BCUT2D eigenvalue weighted by atomic mass is 10.2. The molecule has 140 valence electrons. The number of rotatable bonds is 11. The van der Waals surface area contributed by atoms with Crippen LogP contribution in [0, 0.1) is 10.1 Å². The monoisotopic (exact) mass is 358 g/mol. The number of hydrogen-bond acceptors (Lipinski definition) is 5. The largest absolute Gasteiger partial charge is 0.489 e. The van der Waals surface area contributed by atoms with Crippen LogP contribution in [0.4, 0.5) is 5.69 Å². The highest BCUT2D eigenvalue weighted by Gasteiger charge is 2.16. The third-order valence-electron chi connectivity index (χ3n) is 4.00. The summed E-state index contributed by atoms with van der Waals surface area (Å²) in [5.74, 6) is 0.790. The van der Waals surface area contributed by atoms with Gasteiger partial charge in [-0.15, -0.1) is 0 Å². The van der Waals surface area contributed by atoms with E-state index in [1.807, 2.05) is 37.4 Å². The third-order valence-corrected chi connectivity index (χ3v) is 4.00. The third kappa shape index (κ3) is 6.37. The smallest absolute Gasteiger partial charge is 0.311 e. The zero-order valence-corrected chi connectivity index (χ0v) is 15.4. The van der Waals surface area contributed by atoms with Crippen molar-refractivity contribution in [3.63, 3.8) is 0 Å². The summed E-state index contributed by atoms with van der Waals surface area (Å²) in [6.45, 7) is 4.64. The van der Waals surface area contributed by atoms with Gasteiger partial charge >= 0.3 is 5.69 Å². The van der Waals surface area contributed by atoms with Crippen molar-refractivity contribution in [1.82, 2.24) is 4.90 Å². The highest BCUT2D eigenvalue weighted by molar-refractivity contribution is 5.50. The SMILES string of the molecule is CCCCN(C)CCOc1cc(OCc2ccccc2)ccc1[N+](=O)[O-]. The Kier molecular flexibility index (Phi) is 7.89. The summed E-state index contributed by atoms with van der Waals surface area (Å²) in [6, 6.07) is 14.4. The summed E-state index contributed by atoms with van der Waals surface area (Å²) >= 11 is 0. The van der Waals surface area contributed by atoms with Crippen molar-refractivity contribution in [3.8, 4) is 11.5 Å². The van der Waals surface area contributed by atoms with E-state index in [9.17, 15) is 10.1 Å². The maximum absolute atomic E-state index is 11.2. The second-order valence-electron chi connectivity index (χ2n) is 6.17. The minimum atomic E-state index is -0.433. The van der Waals surface area contributed by atoms with Gasteiger partial charge in [0.25, 0.3) is 0 Å². The molecule has 0 saturated carbocycles. The molecule has 0 amide bonds. The average molecular weight is 358 g/mol. The van der Waals surface area contributed by atoms with Gasteiger partial charge in [-0.3, -0.25) is 10.1 Å².